The van der Waals surface area contributed by atoms with Gasteiger partial charge in [-0.2, -0.15) is 5.26 Å². The molecule has 2 aromatic carbocycles. The van der Waals surface area contributed by atoms with Crippen molar-refractivity contribution < 1.29 is 4.74 Å². The number of nitriles is 1. The number of likely N-dealkylation sites (tertiary alicyclic amines) is 1. The van der Waals surface area contributed by atoms with Crippen molar-refractivity contribution >= 4 is 24.3 Å². The van der Waals surface area contributed by atoms with E-state index in [1.807, 2.05) is 44.9 Å². The Morgan fingerprint density at radius 1 is 1.13 bits per heavy atom. The molecule has 0 amide bonds. The Morgan fingerprint density at radius 2 is 1.80 bits per heavy atom. The average Bonchev–Trinajstić information content (AvgIpc) is 3.35. The summed E-state index contributed by atoms with van der Waals surface area (Å²) in [5.74, 6) is 0.908. The molecule has 1 fully saturated rings. The van der Waals surface area contributed by atoms with Crippen LogP contribution < -0.4 is 10.2 Å². The van der Waals surface area contributed by atoms with Crippen molar-refractivity contribution in [1.29, 1.82) is 5.26 Å². The molecule has 1 atom stereocenters. The minimum Gasteiger partial charge on any atom is -0.497 e. The Balaban J connectivity index is 0.000000228. The highest BCUT2D eigenvalue weighted by molar-refractivity contribution is 6.51. The molecule has 1 radical (unpaired) electrons. The summed E-state index contributed by atoms with van der Waals surface area (Å²) in [6, 6.07) is 14.8. The molecule has 0 aromatic heterocycles. The van der Waals surface area contributed by atoms with E-state index in [-0.39, 0.29) is 0 Å². The van der Waals surface area contributed by atoms with Gasteiger partial charge in [0.2, 0.25) is 0 Å². The van der Waals surface area contributed by atoms with E-state index in [0.29, 0.717) is 11.1 Å². The second-order valence-corrected chi connectivity index (χ2v) is 7.84. The van der Waals surface area contributed by atoms with E-state index >= 15 is 0 Å². The van der Waals surface area contributed by atoms with Gasteiger partial charge in [0.1, 0.15) is 13.0 Å². The highest BCUT2D eigenvalue weighted by atomic mass is 35.5. The molecule has 1 unspecified atom stereocenters. The van der Waals surface area contributed by atoms with Gasteiger partial charge in [0, 0.05) is 11.1 Å². The van der Waals surface area contributed by atoms with Crippen LogP contribution in [0.5, 0.6) is 5.75 Å². The van der Waals surface area contributed by atoms with E-state index in [1.54, 1.807) is 13.2 Å². The van der Waals surface area contributed by atoms with Crippen LogP contribution in [0.2, 0.25) is 11.8 Å². The van der Waals surface area contributed by atoms with Gasteiger partial charge in [0.15, 0.2) is 0 Å². The first-order valence-corrected chi connectivity index (χ1v) is 11.4. The Labute approximate surface area is 188 Å². The first-order chi connectivity index (χ1) is 14.6. The average molecular weight is 424 g/mol. The van der Waals surface area contributed by atoms with E-state index in [0.717, 1.165) is 24.2 Å². The van der Waals surface area contributed by atoms with E-state index in [1.165, 1.54) is 48.9 Å². The molecule has 1 aliphatic heterocycles. The maximum atomic E-state index is 9.18. The van der Waals surface area contributed by atoms with Crippen molar-refractivity contribution in [3.05, 3.63) is 58.1 Å². The lowest BCUT2D eigenvalue weighted by Gasteiger charge is -2.32. The second-order valence-electron chi connectivity index (χ2n) is 7.40. The van der Waals surface area contributed by atoms with E-state index in [2.05, 4.69) is 24.3 Å². The summed E-state index contributed by atoms with van der Waals surface area (Å²) < 4.78 is 5.00. The predicted octanol–water partition coefficient (Wildman–Crippen LogP) is 5.26. The van der Waals surface area contributed by atoms with Gasteiger partial charge < -0.3 is 9.64 Å². The number of nitrogens with zero attached hydrogens (tertiary/aromatic N) is 2. The largest absolute Gasteiger partial charge is 0.497 e. The molecule has 1 saturated heterocycles. The summed E-state index contributed by atoms with van der Waals surface area (Å²) >= 11 is 6.10. The van der Waals surface area contributed by atoms with Crippen molar-refractivity contribution in [3.63, 3.8) is 0 Å². The van der Waals surface area contributed by atoms with Gasteiger partial charge in [-0.1, -0.05) is 49.9 Å². The third-order valence-electron chi connectivity index (χ3n) is 5.72. The fourth-order valence-corrected chi connectivity index (χ4v) is 4.39. The van der Waals surface area contributed by atoms with Gasteiger partial charge in [-0.25, -0.2) is 0 Å². The van der Waals surface area contributed by atoms with E-state index < -0.39 is 0 Å². The summed E-state index contributed by atoms with van der Waals surface area (Å²) in [7, 11) is 3.73. The molecule has 159 valence electrons. The summed E-state index contributed by atoms with van der Waals surface area (Å²) in [5.41, 5.74) is 4.53. The van der Waals surface area contributed by atoms with Crippen molar-refractivity contribution in [2.24, 2.45) is 0 Å². The molecule has 0 bridgehead atoms. The minimum atomic E-state index is 0.657. The topological polar surface area (TPSA) is 36.3 Å². The molecule has 1 aliphatic carbocycles. The number of ether oxygens (including phenoxy) is 1. The van der Waals surface area contributed by atoms with Crippen molar-refractivity contribution in [2.75, 3.05) is 20.2 Å². The number of methoxy groups -OCH3 is 1. The van der Waals surface area contributed by atoms with E-state index in [4.69, 9.17) is 16.3 Å². The van der Waals surface area contributed by atoms with Gasteiger partial charge in [0.25, 0.3) is 0 Å². The molecular formula is C25H33BClN2O. The lowest BCUT2D eigenvalue weighted by molar-refractivity contribution is 0.222. The summed E-state index contributed by atoms with van der Waals surface area (Å²) in [4.78, 5) is 2.61. The van der Waals surface area contributed by atoms with Crippen LogP contribution in [0.4, 0.5) is 0 Å². The molecule has 0 spiro atoms. The molecule has 0 saturated carbocycles. The Hall–Kier alpha value is -1.96. The van der Waals surface area contributed by atoms with Gasteiger partial charge in [0.05, 0.1) is 18.7 Å². The van der Waals surface area contributed by atoms with Crippen molar-refractivity contribution in [2.45, 2.75) is 58.8 Å². The first-order valence-electron chi connectivity index (χ1n) is 11.0. The summed E-state index contributed by atoms with van der Waals surface area (Å²) in [6.45, 7) is 8.50. The quantitative estimate of drug-likeness (QED) is 0.631. The predicted molar refractivity (Wildman–Crippen MR) is 128 cm³/mol. The Morgan fingerprint density at radius 3 is 2.37 bits per heavy atom. The Kier molecular flexibility index (Phi) is 10.3. The number of rotatable bonds is 3. The van der Waals surface area contributed by atoms with Gasteiger partial charge in [-0.3, -0.25) is 0 Å². The van der Waals surface area contributed by atoms with Crippen LogP contribution >= 0.6 is 11.6 Å². The minimum absolute atomic E-state index is 0.657. The maximum Gasteiger partial charge on any atom is 0.148 e. The molecular weight excluding hydrogens is 391 g/mol. The number of benzene rings is 2. The summed E-state index contributed by atoms with van der Waals surface area (Å²) in [6.07, 6.45) is 5.94. The fourth-order valence-electron chi connectivity index (χ4n) is 4.15. The lowest BCUT2D eigenvalue weighted by atomic mass is 9.73. The van der Waals surface area contributed by atoms with Crippen LogP contribution in [-0.4, -0.2) is 38.4 Å². The number of halogens is 1. The molecule has 30 heavy (non-hydrogen) atoms. The molecule has 2 aliphatic rings. The Bertz CT molecular complexity index is 803. The second kappa shape index (κ2) is 12.7. The molecule has 2 aromatic rings. The lowest BCUT2D eigenvalue weighted by Crippen LogP contribution is -2.37. The monoisotopic (exact) mass is 423 g/mol. The molecule has 1 heterocycles. The fraction of sp³-hybridized carbons (Fsp3) is 0.480. The maximum absolute atomic E-state index is 9.18. The highest BCUT2D eigenvalue weighted by Crippen LogP contribution is 2.31. The standard InChI is InChI=1S/C15H17ClN2.C8H10BO.C2H6/c16-13-7-11-9-14(18-5-1-2-6-18)3-4-15(11)12(8-13)10-17;1-9-7-3-5-8(10-2)6-4-7;1-2/h7-8,14H,1-6,9H2;3-6H,1-2H3;1-2H3. The molecule has 5 heteroatoms. The van der Waals surface area contributed by atoms with Gasteiger partial charge in [-0.15, -0.1) is 0 Å². The number of fused-ring (bicyclic) bond motifs is 1. The van der Waals surface area contributed by atoms with Crippen LogP contribution in [0.1, 0.15) is 49.8 Å². The van der Waals surface area contributed by atoms with Gasteiger partial charge >= 0.3 is 0 Å². The smallest absolute Gasteiger partial charge is 0.148 e. The van der Waals surface area contributed by atoms with Crippen molar-refractivity contribution in [1.82, 2.24) is 4.90 Å². The number of hydrogen-bond donors (Lipinski definition) is 0. The highest BCUT2D eigenvalue weighted by Gasteiger charge is 2.27. The summed E-state index contributed by atoms with van der Waals surface area (Å²) in [5, 5.41) is 9.88. The third-order valence-corrected chi connectivity index (χ3v) is 5.94. The molecule has 3 nitrogen and oxygen atoms in total. The third kappa shape index (κ3) is 6.52. The molecule has 4 rings (SSSR count). The van der Waals surface area contributed by atoms with E-state index in [9.17, 15) is 5.26 Å². The van der Waals surface area contributed by atoms with Crippen molar-refractivity contribution in [3.8, 4) is 11.8 Å². The number of hydrogen-bond acceptors (Lipinski definition) is 3. The van der Waals surface area contributed by atoms with Crippen LogP contribution in [0.3, 0.4) is 0 Å². The first kappa shape index (κ1) is 24.3. The van der Waals surface area contributed by atoms with Crippen LogP contribution in [0.25, 0.3) is 0 Å². The zero-order valence-corrected chi connectivity index (χ0v) is 19.5. The SMILES string of the molecule is CC.C[B]c1ccc(OC)cc1.N#Cc1cc(Cl)cc2c1CCC(N1CCCC1)C2. The zero-order chi connectivity index (χ0) is 21.9. The van der Waals surface area contributed by atoms with Crippen LogP contribution in [0, 0.1) is 11.3 Å². The van der Waals surface area contributed by atoms with Gasteiger partial charge in [-0.05, 0) is 80.6 Å². The zero-order valence-electron chi connectivity index (χ0n) is 18.7. The van der Waals surface area contributed by atoms with Crippen LogP contribution in [0.15, 0.2) is 36.4 Å². The molecule has 0 N–H and O–H groups in total. The normalized spacial score (nSPS) is 17.4. The van der Waals surface area contributed by atoms with Crippen LogP contribution in [-0.2, 0) is 12.8 Å².